The Morgan fingerprint density at radius 3 is 2.40 bits per heavy atom. The second-order valence-electron chi connectivity index (χ2n) is 4.71. The number of hydrogen-bond donors (Lipinski definition) is 3. The molecular formula is C12H20N4O3S. The maximum absolute atomic E-state index is 11.3. The van der Waals surface area contributed by atoms with E-state index in [1.165, 1.54) is 0 Å². The molecule has 2 aliphatic heterocycles. The first-order valence-electron chi connectivity index (χ1n) is 6.71. The summed E-state index contributed by atoms with van der Waals surface area (Å²) >= 11 is 0.921. The highest BCUT2D eigenvalue weighted by molar-refractivity contribution is 8.18. The van der Waals surface area contributed by atoms with E-state index in [4.69, 9.17) is 5.11 Å². The number of amides is 2. The summed E-state index contributed by atoms with van der Waals surface area (Å²) in [6.45, 7) is 6.55. The monoisotopic (exact) mass is 300 g/mol. The van der Waals surface area contributed by atoms with Gasteiger partial charge in [-0.25, -0.2) is 0 Å². The number of rotatable bonds is 6. The second-order valence-corrected chi connectivity index (χ2v) is 5.73. The van der Waals surface area contributed by atoms with Gasteiger partial charge in [-0.15, -0.1) is 0 Å². The third-order valence-electron chi connectivity index (χ3n) is 3.33. The number of thioether (sulfide) groups is 1. The van der Waals surface area contributed by atoms with Crippen LogP contribution in [-0.4, -0.2) is 78.5 Å². The molecule has 2 aliphatic rings. The van der Waals surface area contributed by atoms with E-state index in [2.05, 4.69) is 20.4 Å². The van der Waals surface area contributed by atoms with Gasteiger partial charge in [0.2, 0.25) is 0 Å². The van der Waals surface area contributed by atoms with E-state index in [0.29, 0.717) is 4.91 Å². The third-order valence-corrected chi connectivity index (χ3v) is 4.14. The van der Waals surface area contributed by atoms with Gasteiger partial charge in [-0.05, 0) is 11.8 Å². The number of carbonyl (C=O) groups is 2. The predicted molar refractivity (Wildman–Crippen MR) is 77.2 cm³/mol. The molecule has 8 heteroatoms. The molecule has 0 unspecified atom stereocenters. The third kappa shape index (κ3) is 4.48. The number of carbonyl (C=O) groups excluding carboxylic acids is 2. The Morgan fingerprint density at radius 2 is 1.85 bits per heavy atom. The molecule has 0 bridgehead atoms. The van der Waals surface area contributed by atoms with Crippen molar-refractivity contribution in [2.75, 3.05) is 52.4 Å². The van der Waals surface area contributed by atoms with Crippen molar-refractivity contribution < 1.29 is 14.7 Å². The Bertz CT molecular complexity index is 394. The highest BCUT2D eigenvalue weighted by Crippen LogP contribution is 2.21. The molecule has 0 atom stereocenters. The number of aliphatic hydroxyl groups excluding tert-OH is 1. The van der Waals surface area contributed by atoms with Crippen molar-refractivity contribution in [2.45, 2.75) is 0 Å². The number of β-amino-alcohol motifs (C(OH)–C–C–N with tert-alkyl or cyclic N) is 1. The van der Waals surface area contributed by atoms with Gasteiger partial charge < -0.3 is 10.4 Å². The van der Waals surface area contributed by atoms with Crippen molar-refractivity contribution in [3.8, 4) is 0 Å². The molecule has 2 amide bonds. The van der Waals surface area contributed by atoms with E-state index >= 15 is 0 Å². The quantitative estimate of drug-likeness (QED) is 0.429. The molecule has 0 spiro atoms. The van der Waals surface area contributed by atoms with Gasteiger partial charge >= 0.3 is 0 Å². The van der Waals surface area contributed by atoms with Crippen LogP contribution in [0.4, 0.5) is 4.79 Å². The fourth-order valence-electron chi connectivity index (χ4n) is 2.19. The van der Waals surface area contributed by atoms with Crippen molar-refractivity contribution in [3.05, 3.63) is 11.1 Å². The molecule has 0 radical (unpaired) electrons. The van der Waals surface area contributed by atoms with E-state index in [1.54, 1.807) is 6.20 Å². The maximum Gasteiger partial charge on any atom is 0.290 e. The predicted octanol–water partition coefficient (Wildman–Crippen LogP) is -0.990. The Labute approximate surface area is 122 Å². The molecule has 2 rings (SSSR count). The highest BCUT2D eigenvalue weighted by atomic mass is 32.2. The van der Waals surface area contributed by atoms with Crippen LogP contribution in [0.25, 0.3) is 0 Å². The van der Waals surface area contributed by atoms with Crippen LogP contribution in [0.3, 0.4) is 0 Å². The van der Waals surface area contributed by atoms with Crippen molar-refractivity contribution in [2.24, 2.45) is 0 Å². The van der Waals surface area contributed by atoms with Crippen LogP contribution in [0.2, 0.25) is 0 Å². The summed E-state index contributed by atoms with van der Waals surface area (Å²) in [5, 5.41) is 13.8. The first-order valence-corrected chi connectivity index (χ1v) is 7.53. The number of piperazine rings is 1. The van der Waals surface area contributed by atoms with Crippen LogP contribution in [0.5, 0.6) is 0 Å². The van der Waals surface area contributed by atoms with Gasteiger partial charge in [0, 0.05) is 52.0 Å². The molecule has 0 aromatic heterocycles. The summed E-state index contributed by atoms with van der Waals surface area (Å²) in [6.07, 6.45) is 1.60. The lowest BCUT2D eigenvalue weighted by atomic mass is 10.3. The zero-order chi connectivity index (χ0) is 14.4. The summed E-state index contributed by atoms with van der Waals surface area (Å²) in [4.78, 5) is 27.2. The van der Waals surface area contributed by atoms with Crippen LogP contribution in [-0.2, 0) is 4.79 Å². The number of hydrogen-bond acceptors (Lipinski definition) is 7. The lowest BCUT2D eigenvalue weighted by Crippen LogP contribution is -2.48. The molecular weight excluding hydrogens is 280 g/mol. The SMILES string of the molecule is O=C1NC(=O)/C(=C\NCCN2CCN(CCO)CC2)S1. The number of imide groups is 1. The van der Waals surface area contributed by atoms with Gasteiger partial charge in [-0.1, -0.05) is 0 Å². The summed E-state index contributed by atoms with van der Waals surface area (Å²) in [5.41, 5.74) is 0. The first-order chi connectivity index (χ1) is 9.69. The van der Waals surface area contributed by atoms with E-state index < -0.39 is 0 Å². The summed E-state index contributed by atoms with van der Waals surface area (Å²) < 4.78 is 0. The molecule has 0 saturated carbocycles. The van der Waals surface area contributed by atoms with Gasteiger partial charge in [-0.3, -0.25) is 24.7 Å². The molecule has 0 aromatic carbocycles. The standard InChI is InChI=1S/C12H20N4O3S/c17-8-7-16-5-3-15(4-6-16)2-1-13-9-10-11(18)14-12(19)20-10/h9,13,17H,1-8H2,(H,14,18,19)/b10-9+. The van der Waals surface area contributed by atoms with E-state index in [0.717, 1.165) is 57.6 Å². The minimum atomic E-state index is -0.329. The van der Waals surface area contributed by atoms with E-state index in [1.807, 2.05) is 0 Å². The van der Waals surface area contributed by atoms with Crippen molar-refractivity contribution >= 4 is 22.9 Å². The molecule has 2 fully saturated rings. The Hall–Kier alpha value is -1.09. The molecule has 0 aromatic rings. The van der Waals surface area contributed by atoms with Crippen LogP contribution in [0.15, 0.2) is 11.1 Å². The lowest BCUT2D eigenvalue weighted by molar-refractivity contribution is -0.115. The van der Waals surface area contributed by atoms with Gasteiger partial charge in [0.05, 0.1) is 11.5 Å². The zero-order valence-electron chi connectivity index (χ0n) is 11.3. The normalized spacial score (nSPS) is 23.4. The van der Waals surface area contributed by atoms with Gasteiger partial charge in [0.25, 0.3) is 11.1 Å². The fourth-order valence-corrected chi connectivity index (χ4v) is 2.82. The van der Waals surface area contributed by atoms with Crippen molar-refractivity contribution in [1.82, 2.24) is 20.4 Å². The van der Waals surface area contributed by atoms with Crippen molar-refractivity contribution in [1.29, 1.82) is 0 Å². The van der Waals surface area contributed by atoms with Crippen LogP contribution < -0.4 is 10.6 Å². The van der Waals surface area contributed by atoms with Gasteiger partial charge in [0.1, 0.15) is 0 Å². The fraction of sp³-hybridized carbons (Fsp3) is 0.667. The van der Waals surface area contributed by atoms with Crippen LogP contribution >= 0.6 is 11.8 Å². The Kier molecular flexibility index (Phi) is 5.84. The zero-order valence-corrected chi connectivity index (χ0v) is 12.1. The molecule has 3 N–H and O–H groups in total. The van der Waals surface area contributed by atoms with Crippen LogP contribution in [0, 0.1) is 0 Å². The number of nitrogens with one attached hydrogen (secondary N) is 2. The van der Waals surface area contributed by atoms with Crippen molar-refractivity contribution in [3.63, 3.8) is 0 Å². The average Bonchev–Trinajstić information content (AvgIpc) is 2.75. The molecule has 2 saturated heterocycles. The Balaban J connectivity index is 1.61. The number of aliphatic hydroxyl groups is 1. The smallest absolute Gasteiger partial charge is 0.290 e. The first kappa shape index (κ1) is 15.3. The number of nitrogens with zero attached hydrogens (tertiary/aromatic N) is 2. The van der Waals surface area contributed by atoms with Crippen LogP contribution in [0.1, 0.15) is 0 Å². The maximum atomic E-state index is 11.3. The lowest BCUT2D eigenvalue weighted by Gasteiger charge is -2.34. The Morgan fingerprint density at radius 1 is 1.20 bits per heavy atom. The summed E-state index contributed by atoms with van der Waals surface area (Å²) in [7, 11) is 0. The largest absolute Gasteiger partial charge is 0.395 e. The second kappa shape index (κ2) is 7.63. The molecule has 7 nitrogen and oxygen atoms in total. The topological polar surface area (TPSA) is 84.9 Å². The molecule has 0 aliphatic carbocycles. The molecule has 20 heavy (non-hydrogen) atoms. The highest BCUT2D eigenvalue weighted by Gasteiger charge is 2.24. The molecule has 2 heterocycles. The van der Waals surface area contributed by atoms with E-state index in [-0.39, 0.29) is 17.8 Å². The minimum Gasteiger partial charge on any atom is -0.395 e. The molecule has 112 valence electrons. The average molecular weight is 300 g/mol. The summed E-state index contributed by atoms with van der Waals surface area (Å²) in [5.74, 6) is -0.329. The van der Waals surface area contributed by atoms with Gasteiger partial charge in [-0.2, -0.15) is 0 Å². The minimum absolute atomic E-state index is 0.216. The summed E-state index contributed by atoms with van der Waals surface area (Å²) in [6, 6.07) is 0. The van der Waals surface area contributed by atoms with Gasteiger partial charge in [0.15, 0.2) is 0 Å². The van der Waals surface area contributed by atoms with E-state index in [9.17, 15) is 9.59 Å².